The summed E-state index contributed by atoms with van der Waals surface area (Å²) in [5, 5.41) is 3.39. The lowest BCUT2D eigenvalue weighted by Gasteiger charge is -2.31. The van der Waals surface area contributed by atoms with Crippen LogP contribution in [-0.4, -0.2) is 48.5 Å². The molecular weight excluding hydrogens is 420 g/mol. The molecule has 2 amide bonds. The van der Waals surface area contributed by atoms with E-state index in [1.54, 1.807) is 36.1 Å². The van der Waals surface area contributed by atoms with Crippen molar-refractivity contribution in [3.63, 3.8) is 0 Å². The van der Waals surface area contributed by atoms with Gasteiger partial charge in [0.1, 0.15) is 5.75 Å². The molecule has 0 bridgehead atoms. The molecule has 0 aromatic heterocycles. The predicted molar refractivity (Wildman–Crippen MR) is 117 cm³/mol. The minimum Gasteiger partial charge on any atom is -0.479 e. The first kappa shape index (κ1) is 22.6. The van der Waals surface area contributed by atoms with Crippen molar-refractivity contribution >= 4 is 35.1 Å². The Morgan fingerprint density at radius 3 is 2.48 bits per heavy atom. The van der Waals surface area contributed by atoms with E-state index in [-0.39, 0.29) is 24.3 Å². The SMILES string of the molecule is CC(Oc1cccc(Cl)c1)C(=O)OCC(=O)N1CCC(C(=O)Nc2ccccc2)CC1. The molecule has 0 radical (unpaired) electrons. The lowest BCUT2D eigenvalue weighted by Crippen LogP contribution is -2.43. The van der Waals surface area contributed by atoms with Gasteiger partial charge in [0, 0.05) is 29.7 Å². The summed E-state index contributed by atoms with van der Waals surface area (Å²) in [6.07, 6.45) is 0.248. The van der Waals surface area contributed by atoms with Crippen LogP contribution in [0.25, 0.3) is 0 Å². The number of nitrogens with one attached hydrogen (secondary N) is 1. The number of para-hydroxylation sites is 1. The van der Waals surface area contributed by atoms with Crippen molar-refractivity contribution in [3.05, 3.63) is 59.6 Å². The second-order valence-electron chi connectivity index (χ2n) is 7.34. The van der Waals surface area contributed by atoms with Gasteiger partial charge in [-0.3, -0.25) is 9.59 Å². The molecule has 1 aliphatic rings. The standard InChI is InChI=1S/C23H25ClN2O5/c1-16(31-20-9-5-6-18(24)14-20)23(29)30-15-21(27)26-12-10-17(11-13-26)22(28)25-19-7-3-2-4-8-19/h2-9,14,16-17H,10-13,15H2,1H3,(H,25,28). The molecule has 0 aliphatic carbocycles. The number of amides is 2. The number of anilines is 1. The zero-order valence-electron chi connectivity index (χ0n) is 17.3. The number of hydrogen-bond acceptors (Lipinski definition) is 5. The summed E-state index contributed by atoms with van der Waals surface area (Å²) < 4.78 is 10.6. The summed E-state index contributed by atoms with van der Waals surface area (Å²) in [5.41, 5.74) is 0.757. The third-order valence-electron chi connectivity index (χ3n) is 5.04. The van der Waals surface area contributed by atoms with Gasteiger partial charge in [-0.2, -0.15) is 0 Å². The molecule has 164 valence electrons. The van der Waals surface area contributed by atoms with Gasteiger partial charge in [0.05, 0.1) is 0 Å². The highest BCUT2D eigenvalue weighted by atomic mass is 35.5. The normalized spacial score (nSPS) is 15.1. The lowest BCUT2D eigenvalue weighted by molar-refractivity contribution is -0.157. The van der Waals surface area contributed by atoms with Crippen LogP contribution in [0.4, 0.5) is 5.69 Å². The lowest BCUT2D eigenvalue weighted by atomic mass is 9.95. The van der Waals surface area contributed by atoms with Crippen LogP contribution < -0.4 is 10.1 Å². The zero-order valence-corrected chi connectivity index (χ0v) is 18.0. The molecular formula is C23H25ClN2O5. The molecule has 1 unspecified atom stereocenters. The molecule has 1 fully saturated rings. The largest absolute Gasteiger partial charge is 0.479 e. The average molecular weight is 445 g/mol. The van der Waals surface area contributed by atoms with Crippen LogP contribution >= 0.6 is 11.6 Å². The van der Waals surface area contributed by atoms with Gasteiger partial charge in [-0.15, -0.1) is 0 Å². The zero-order chi connectivity index (χ0) is 22.2. The molecule has 1 aliphatic heterocycles. The number of benzene rings is 2. The first-order chi connectivity index (χ1) is 14.9. The minimum absolute atomic E-state index is 0.0447. The van der Waals surface area contributed by atoms with Gasteiger partial charge < -0.3 is 19.7 Å². The number of rotatable bonds is 7. The fourth-order valence-corrected chi connectivity index (χ4v) is 3.47. The van der Waals surface area contributed by atoms with Crippen LogP contribution in [0.3, 0.4) is 0 Å². The van der Waals surface area contributed by atoms with Crippen molar-refractivity contribution in [1.82, 2.24) is 4.90 Å². The van der Waals surface area contributed by atoms with E-state index in [2.05, 4.69) is 5.32 Å². The summed E-state index contributed by atoms with van der Waals surface area (Å²) in [5.74, 6) is -0.676. The molecule has 1 heterocycles. The number of esters is 1. The molecule has 2 aromatic carbocycles. The van der Waals surface area contributed by atoms with Gasteiger partial charge in [0.25, 0.3) is 5.91 Å². The first-order valence-corrected chi connectivity index (χ1v) is 10.5. The van der Waals surface area contributed by atoms with Crippen LogP contribution in [0.1, 0.15) is 19.8 Å². The van der Waals surface area contributed by atoms with Gasteiger partial charge >= 0.3 is 5.97 Å². The average Bonchev–Trinajstić information content (AvgIpc) is 2.78. The van der Waals surface area contributed by atoms with Crippen molar-refractivity contribution < 1.29 is 23.9 Å². The monoisotopic (exact) mass is 444 g/mol. The highest BCUT2D eigenvalue weighted by molar-refractivity contribution is 6.30. The quantitative estimate of drug-likeness (QED) is 0.660. The molecule has 2 aromatic rings. The first-order valence-electron chi connectivity index (χ1n) is 10.1. The van der Waals surface area contributed by atoms with Crippen molar-refractivity contribution in [2.75, 3.05) is 25.0 Å². The van der Waals surface area contributed by atoms with E-state index in [1.165, 1.54) is 0 Å². The molecule has 8 heteroatoms. The maximum absolute atomic E-state index is 12.4. The van der Waals surface area contributed by atoms with Crippen molar-refractivity contribution in [2.24, 2.45) is 5.92 Å². The number of carbonyl (C=O) groups is 3. The molecule has 3 rings (SSSR count). The number of likely N-dealkylation sites (tertiary alicyclic amines) is 1. The van der Waals surface area contributed by atoms with Crippen LogP contribution in [0.15, 0.2) is 54.6 Å². The van der Waals surface area contributed by atoms with E-state index in [0.29, 0.717) is 36.7 Å². The van der Waals surface area contributed by atoms with Crippen molar-refractivity contribution in [3.8, 4) is 5.75 Å². The van der Waals surface area contributed by atoms with E-state index >= 15 is 0 Å². The summed E-state index contributed by atoms with van der Waals surface area (Å²) in [7, 11) is 0. The Hall–Kier alpha value is -3.06. The number of ether oxygens (including phenoxy) is 2. The smallest absolute Gasteiger partial charge is 0.347 e. The van der Waals surface area contributed by atoms with Gasteiger partial charge in [0.15, 0.2) is 12.7 Å². The summed E-state index contributed by atoms with van der Waals surface area (Å²) >= 11 is 5.90. The van der Waals surface area contributed by atoms with Crippen LogP contribution in [0, 0.1) is 5.92 Å². The molecule has 7 nitrogen and oxygen atoms in total. The number of piperidine rings is 1. The van der Waals surface area contributed by atoms with Gasteiger partial charge in [-0.1, -0.05) is 35.9 Å². The van der Waals surface area contributed by atoms with E-state index in [4.69, 9.17) is 21.1 Å². The van der Waals surface area contributed by atoms with E-state index in [9.17, 15) is 14.4 Å². The summed E-state index contributed by atoms with van der Waals surface area (Å²) in [6.45, 7) is 2.07. The second kappa shape index (κ2) is 10.8. The van der Waals surface area contributed by atoms with Crippen LogP contribution in [-0.2, 0) is 19.1 Å². The summed E-state index contributed by atoms with van der Waals surface area (Å²) in [6, 6.07) is 16.0. The maximum atomic E-state index is 12.4. The van der Waals surface area contributed by atoms with Gasteiger partial charge in [-0.05, 0) is 50.1 Å². The Morgan fingerprint density at radius 2 is 1.81 bits per heavy atom. The number of hydrogen-bond donors (Lipinski definition) is 1. The van der Waals surface area contributed by atoms with Gasteiger partial charge in [0.2, 0.25) is 5.91 Å². The predicted octanol–water partition coefficient (Wildman–Crippen LogP) is 3.53. The van der Waals surface area contributed by atoms with E-state index in [0.717, 1.165) is 5.69 Å². The fourth-order valence-electron chi connectivity index (χ4n) is 3.29. The molecule has 1 saturated heterocycles. The molecule has 31 heavy (non-hydrogen) atoms. The van der Waals surface area contributed by atoms with Crippen molar-refractivity contribution in [2.45, 2.75) is 25.9 Å². The Morgan fingerprint density at radius 1 is 1.10 bits per heavy atom. The van der Waals surface area contributed by atoms with Crippen LogP contribution in [0.2, 0.25) is 5.02 Å². The van der Waals surface area contributed by atoms with E-state index in [1.807, 2.05) is 30.3 Å². The Bertz CT molecular complexity index is 913. The molecule has 0 spiro atoms. The molecule has 0 saturated carbocycles. The Balaban J connectivity index is 1.39. The minimum atomic E-state index is -0.876. The molecule has 1 atom stereocenters. The Labute approximate surface area is 186 Å². The third-order valence-corrected chi connectivity index (χ3v) is 5.27. The maximum Gasteiger partial charge on any atom is 0.347 e. The second-order valence-corrected chi connectivity index (χ2v) is 7.77. The van der Waals surface area contributed by atoms with Crippen molar-refractivity contribution in [1.29, 1.82) is 0 Å². The number of halogens is 1. The van der Waals surface area contributed by atoms with E-state index < -0.39 is 12.1 Å². The topological polar surface area (TPSA) is 84.9 Å². The highest BCUT2D eigenvalue weighted by Crippen LogP contribution is 2.20. The molecule has 1 N–H and O–H groups in total. The van der Waals surface area contributed by atoms with Crippen LogP contribution in [0.5, 0.6) is 5.75 Å². The van der Waals surface area contributed by atoms with Gasteiger partial charge in [-0.25, -0.2) is 4.79 Å². The fraction of sp³-hybridized carbons (Fsp3) is 0.348. The summed E-state index contributed by atoms with van der Waals surface area (Å²) in [4.78, 5) is 38.5. The Kier molecular flexibility index (Phi) is 7.89. The number of carbonyl (C=O) groups excluding carboxylic acids is 3. The highest BCUT2D eigenvalue weighted by Gasteiger charge is 2.28. The number of nitrogens with zero attached hydrogens (tertiary/aromatic N) is 1. The third kappa shape index (κ3) is 6.72.